The summed E-state index contributed by atoms with van der Waals surface area (Å²) < 4.78 is 0.947. The molecule has 2 aromatic rings. The summed E-state index contributed by atoms with van der Waals surface area (Å²) in [4.78, 5) is 16.2. The summed E-state index contributed by atoms with van der Waals surface area (Å²) in [6, 6.07) is 11.4. The Labute approximate surface area is 133 Å². The molecule has 1 aromatic carbocycles. The van der Waals surface area contributed by atoms with Gasteiger partial charge in [-0.1, -0.05) is 19.1 Å². The number of aromatic nitrogens is 1. The standard InChI is InChI=1S/C16H18BrN3O/c1-2-8-18-16(21)13-5-3-4-12(9-13)10-19-15-7-6-14(17)11-20-15/h3-7,9,11H,2,8,10H2,1H3,(H,18,21)(H,19,20). The Morgan fingerprint density at radius 1 is 1.29 bits per heavy atom. The van der Waals surface area contributed by atoms with Crippen molar-refractivity contribution >= 4 is 27.7 Å². The number of benzene rings is 1. The molecule has 0 aliphatic heterocycles. The summed E-state index contributed by atoms with van der Waals surface area (Å²) in [5.41, 5.74) is 1.73. The summed E-state index contributed by atoms with van der Waals surface area (Å²) in [5, 5.41) is 6.11. The van der Waals surface area contributed by atoms with E-state index in [-0.39, 0.29) is 5.91 Å². The maximum atomic E-state index is 11.9. The zero-order valence-corrected chi connectivity index (χ0v) is 13.5. The van der Waals surface area contributed by atoms with Crippen LogP contribution < -0.4 is 10.6 Å². The number of carbonyl (C=O) groups excluding carboxylic acids is 1. The van der Waals surface area contributed by atoms with Crippen LogP contribution in [0.25, 0.3) is 0 Å². The normalized spacial score (nSPS) is 10.2. The van der Waals surface area contributed by atoms with Crippen molar-refractivity contribution in [3.05, 3.63) is 58.2 Å². The van der Waals surface area contributed by atoms with Crippen LogP contribution in [0, 0.1) is 0 Å². The first kappa shape index (κ1) is 15.5. The van der Waals surface area contributed by atoms with E-state index in [2.05, 4.69) is 31.5 Å². The molecule has 5 heteroatoms. The second-order valence-corrected chi connectivity index (χ2v) is 5.59. The number of carbonyl (C=O) groups is 1. The molecule has 21 heavy (non-hydrogen) atoms. The summed E-state index contributed by atoms with van der Waals surface area (Å²) >= 11 is 3.35. The lowest BCUT2D eigenvalue weighted by Crippen LogP contribution is -2.24. The second kappa shape index (κ2) is 7.78. The third kappa shape index (κ3) is 4.86. The van der Waals surface area contributed by atoms with E-state index in [1.165, 1.54) is 0 Å². The topological polar surface area (TPSA) is 54.0 Å². The van der Waals surface area contributed by atoms with Gasteiger partial charge in [-0.25, -0.2) is 4.98 Å². The fourth-order valence-corrected chi connectivity index (χ4v) is 2.07. The number of nitrogens with one attached hydrogen (secondary N) is 2. The molecule has 110 valence electrons. The summed E-state index contributed by atoms with van der Waals surface area (Å²) in [5.74, 6) is 0.777. The molecular weight excluding hydrogens is 330 g/mol. The van der Waals surface area contributed by atoms with Crippen LogP contribution in [0.2, 0.25) is 0 Å². The minimum atomic E-state index is -0.0273. The van der Waals surface area contributed by atoms with Crippen molar-refractivity contribution in [3.63, 3.8) is 0 Å². The molecule has 0 atom stereocenters. The summed E-state index contributed by atoms with van der Waals surface area (Å²) in [6.07, 6.45) is 2.68. The van der Waals surface area contributed by atoms with Gasteiger partial charge in [0.15, 0.2) is 0 Å². The number of rotatable bonds is 6. The third-order valence-corrected chi connectivity index (χ3v) is 3.39. The number of pyridine rings is 1. The van der Waals surface area contributed by atoms with E-state index in [0.717, 1.165) is 22.3 Å². The predicted octanol–water partition coefficient (Wildman–Crippen LogP) is 3.60. The van der Waals surface area contributed by atoms with Crippen LogP contribution in [0.4, 0.5) is 5.82 Å². The molecule has 1 heterocycles. The van der Waals surface area contributed by atoms with E-state index in [1.807, 2.05) is 43.3 Å². The first-order valence-electron chi connectivity index (χ1n) is 6.91. The highest BCUT2D eigenvalue weighted by molar-refractivity contribution is 9.10. The number of anilines is 1. The fourth-order valence-electron chi connectivity index (χ4n) is 1.84. The van der Waals surface area contributed by atoms with E-state index in [4.69, 9.17) is 0 Å². The fraction of sp³-hybridized carbons (Fsp3) is 0.250. The van der Waals surface area contributed by atoms with E-state index < -0.39 is 0 Å². The van der Waals surface area contributed by atoms with Crippen LogP contribution >= 0.6 is 15.9 Å². The third-order valence-electron chi connectivity index (χ3n) is 2.93. The molecule has 0 saturated carbocycles. The molecular formula is C16H18BrN3O. The molecule has 0 unspecified atom stereocenters. The molecule has 0 fully saturated rings. The van der Waals surface area contributed by atoms with Crippen molar-refractivity contribution in [1.29, 1.82) is 0 Å². The SMILES string of the molecule is CCCNC(=O)c1cccc(CNc2ccc(Br)cn2)c1. The van der Waals surface area contributed by atoms with E-state index in [0.29, 0.717) is 18.7 Å². The Hall–Kier alpha value is -1.88. The summed E-state index contributed by atoms with van der Waals surface area (Å²) in [7, 11) is 0. The van der Waals surface area contributed by atoms with Gasteiger partial charge in [0.2, 0.25) is 0 Å². The Bertz CT molecular complexity index is 599. The predicted molar refractivity (Wildman–Crippen MR) is 88.3 cm³/mol. The van der Waals surface area contributed by atoms with E-state index >= 15 is 0 Å². The van der Waals surface area contributed by atoms with Crippen molar-refractivity contribution < 1.29 is 4.79 Å². The minimum absolute atomic E-state index is 0.0273. The Balaban J connectivity index is 1.97. The number of amides is 1. The van der Waals surface area contributed by atoms with E-state index in [1.54, 1.807) is 6.20 Å². The largest absolute Gasteiger partial charge is 0.366 e. The molecule has 0 spiro atoms. The molecule has 2 N–H and O–H groups in total. The highest BCUT2D eigenvalue weighted by Crippen LogP contribution is 2.12. The molecule has 1 aromatic heterocycles. The first-order chi connectivity index (χ1) is 10.2. The zero-order chi connectivity index (χ0) is 15.1. The van der Waals surface area contributed by atoms with Crippen LogP contribution in [-0.4, -0.2) is 17.4 Å². The lowest BCUT2D eigenvalue weighted by Gasteiger charge is -2.08. The Morgan fingerprint density at radius 2 is 2.14 bits per heavy atom. The molecule has 0 aliphatic rings. The number of hydrogen-bond donors (Lipinski definition) is 2. The van der Waals surface area contributed by atoms with Gasteiger partial charge in [0, 0.05) is 29.3 Å². The van der Waals surface area contributed by atoms with Crippen molar-refractivity contribution in [3.8, 4) is 0 Å². The van der Waals surface area contributed by atoms with Crippen molar-refractivity contribution in [1.82, 2.24) is 10.3 Å². The van der Waals surface area contributed by atoms with Gasteiger partial charge in [-0.2, -0.15) is 0 Å². The highest BCUT2D eigenvalue weighted by atomic mass is 79.9. The smallest absolute Gasteiger partial charge is 0.251 e. The van der Waals surface area contributed by atoms with Crippen LogP contribution in [-0.2, 0) is 6.54 Å². The molecule has 2 rings (SSSR count). The van der Waals surface area contributed by atoms with Crippen LogP contribution in [0.5, 0.6) is 0 Å². The Morgan fingerprint density at radius 3 is 2.86 bits per heavy atom. The average Bonchev–Trinajstić information content (AvgIpc) is 2.52. The lowest BCUT2D eigenvalue weighted by atomic mass is 10.1. The monoisotopic (exact) mass is 347 g/mol. The van der Waals surface area contributed by atoms with Crippen LogP contribution in [0.3, 0.4) is 0 Å². The molecule has 0 saturated heterocycles. The van der Waals surface area contributed by atoms with Gasteiger partial charge in [0.25, 0.3) is 5.91 Å². The molecule has 1 amide bonds. The van der Waals surface area contributed by atoms with Gasteiger partial charge >= 0.3 is 0 Å². The number of halogens is 1. The molecule has 0 bridgehead atoms. The Kier molecular flexibility index (Phi) is 5.75. The van der Waals surface area contributed by atoms with Gasteiger partial charge < -0.3 is 10.6 Å². The van der Waals surface area contributed by atoms with Gasteiger partial charge in [0.1, 0.15) is 5.82 Å². The van der Waals surface area contributed by atoms with Crippen LogP contribution in [0.15, 0.2) is 47.1 Å². The van der Waals surface area contributed by atoms with Gasteiger partial charge in [0.05, 0.1) is 0 Å². The quantitative estimate of drug-likeness (QED) is 0.839. The van der Waals surface area contributed by atoms with Crippen molar-refractivity contribution in [2.75, 3.05) is 11.9 Å². The first-order valence-corrected chi connectivity index (χ1v) is 7.71. The van der Waals surface area contributed by atoms with Gasteiger partial charge in [-0.15, -0.1) is 0 Å². The van der Waals surface area contributed by atoms with Crippen LogP contribution in [0.1, 0.15) is 29.3 Å². The highest BCUT2D eigenvalue weighted by Gasteiger charge is 2.05. The van der Waals surface area contributed by atoms with Gasteiger partial charge in [-0.3, -0.25) is 4.79 Å². The zero-order valence-electron chi connectivity index (χ0n) is 11.9. The molecule has 0 aliphatic carbocycles. The second-order valence-electron chi connectivity index (χ2n) is 4.67. The minimum Gasteiger partial charge on any atom is -0.366 e. The number of hydrogen-bond acceptors (Lipinski definition) is 3. The maximum Gasteiger partial charge on any atom is 0.251 e. The lowest BCUT2D eigenvalue weighted by molar-refractivity contribution is 0.0953. The molecule has 0 radical (unpaired) electrons. The number of nitrogens with zero attached hydrogens (tertiary/aromatic N) is 1. The van der Waals surface area contributed by atoms with Crippen molar-refractivity contribution in [2.24, 2.45) is 0 Å². The van der Waals surface area contributed by atoms with E-state index in [9.17, 15) is 4.79 Å². The average molecular weight is 348 g/mol. The molecule has 4 nitrogen and oxygen atoms in total. The summed E-state index contributed by atoms with van der Waals surface area (Å²) in [6.45, 7) is 3.36. The maximum absolute atomic E-state index is 11.9. The van der Waals surface area contributed by atoms with Crippen molar-refractivity contribution in [2.45, 2.75) is 19.9 Å². The van der Waals surface area contributed by atoms with Gasteiger partial charge in [-0.05, 0) is 52.2 Å².